The summed E-state index contributed by atoms with van der Waals surface area (Å²) >= 11 is 0. The molecule has 2 unspecified atom stereocenters. The van der Waals surface area contributed by atoms with Crippen molar-refractivity contribution in [2.24, 2.45) is 0 Å². The highest BCUT2D eigenvalue weighted by Gasteiger charge is 2.46. The highest BCUT2D eigenvalue weighted by atomic mass is 16.5. The fourth-order valence-electron chi connectivity index (χ4n) is 2.80. The quantitative estimate of drug-likeness (QED) is 0.699. The standard InChI is InChI=1S/C12H24N2O/c1-12(2,3)13-8-10-7-11(9-13)14(10)5-6-15-4/h10-11H,5-9H2,1-4H3. The van der Waals surface area contributed by atoms with E-state index in [0.717, 1.165) is 25.2 Å². The summed E-state index contributed by atoms with van der Waals surface area (Å²) in [5.41, 5.74) is 0.338. The van der Waals surface area contributed by atoms with E-state index in [0.29, 0.717) is 5.54 Å². The van der Waals surface area contributed by atoms with Gasteiger partial charge in [-0.2, -0.15) is 0 Å². The second kappa shape index (κ2) is 4.04. The van der Waals surface area contributed by atoms with Crippen LogP contribution in [0.2, 0.25) is 0 Å². The Balaban J connectivity index is 1.85. The lowest BCUT2D eigenvalue weighted by atomic mass is 9.85. The lowest BCUT2D eigenvalue weighted by Crippen LogP contribution is -2.71. The van der Waals surface area contributed by atoms with Gasteiger partial charge < -0.3 is 4.74 Å². The molecule has 2 bridgehead atoms. The van der Waals surface area contributed by atoms with Crippen LogP contribution < -0.4 is 0 Å². The van der Waals surface area contributed by atoms with E-state index >= 15 is 0 Å². The van der Waals surface area contributed by atoms with Crippen LogP contribution in [-0.2, 0) is 4.74 Å². The maximum Gasteiger partial charge on any atom is 0.0589 e. The van der Waals surface area contributed by atoms with Gasteiger partial charge in [0.1, 0.15) is 0 Å². The minimum atomic E-state index is 0.338. The third-order valence-corrected chi connectivity index (χ3v) is 3.85. The maximum absolute atomic E-state index is 5.15. The zero-order valence-corrected chi connectivity index (χ0v) is 10.5. The van der Waals surface area contributed by atoms with E-state index in [1.807, 2.05) is 0 Å². The van der Waals surface area contributed by atoms with Gasteiger partial charge in [0, 0.05) is 44.4 Å². The summed E-state index contributed by atoms with van der Waals surface area (Å²) in [5.74, 6) is 0. The molecule has 0 aromatic carbocycles. The maximum atomic E-state index is 5.15. The van der Waals surface area contributed by atoms with Gasteiger partial charge in [-0.05, 0) is 27.2 Å². The van der Waals surface area contributed by atoms with Gasteiger partial charge >= 0.3 is 0 Å². The van der Waals surface area contributed by atoms with Crippen molar-refractivity contribution in [1.82, 2.24) is 9.80 Å². The third-order valence-electron chi connectivity index (χ3n) is 3.85. The number of fused-ring (bicyclic) bond motifs is 2. The average Bonchev–Trinajstić information content (AvgIpc) is 2.17. The first-order valence-corrected chi connectivity index (χ1v) is 6.02. The summed E-state index contributed by atoms with van der Waals surface area (Å²) in [6.07, 6.45) is 1.40. The molecule has 0 N–H and O–H groups in total. The third kappa shape index (κ3) is 2.19. The summed E-state index contributed by atoms with van der Waals surface area (Å²) in [4.78, 5) is 5.24. The highest BCUT2D eigenvalue weighted by molar-refractivity contribution is 5.02. The molecule has 3 nitrogen and oxygen atoms in total. The van der Waals surface area contributed by atoms with Crippen molar-refractivity contribution in [1.29, 1.82) is 0 Å². The van der Waals surface area contributed by atoms with Crippen LogP contribution in [-0.4, -0.2) is 60.8 Å². The monoisotopic (exact) mass is 212 g/mol. The SMILES string of the molecule is COCCN1C2CC1CN(C(C)(C)C)C2. The van der Waals surface area contributed by atoms with E-state index in [4.69, 9.17) is 4.74 Å². The molecule has 0 amide bonds. The molecule has 3 aliphatic rings. The zero-order valence-electron chi connectivity index (χ0n) is 10.5. The topological polar surface area (TPSA) is 15.7 Å². The normalized spacial score (nSPS) is 32.8. The second-order valence-electron chi connectivity index (χ2n) is 5.85. The molecular weight excluding hydrogens is 188 g/mol. The lowest BCUT2D eigenvalue weighted by Gasteiger charge is -2.59. The molecule has 0 spiro atoms. The van der Waals surface area contributed by atoms with E-state index in [1.54, 1.807) is 7.11 Å². The molecule has 3 aliphatic heterocycles. The van der Waals surface area contributed by atoms with Crippen molar-refractivity contribution in [2.75, 3.05) is 33.4 Å². The van der Waals surface area contributed by atoms with E-state index in [9.17, 15) is 0 Å². The Hall–Kier alpha value is -0.120. The molecule has 0 aromatic heterocycles. The number of hydrogen-bond donors (Lipinski definition) is 0. The molecule has 0 aromatic rings. The molecule has 3 fully saturated rings. The second-order valence-corrected chi connectivity index (χ2v) is 5.85. The smallest absolute Gasteiger partial charge is 0.0589 e. The van der Waals surface area contributed by atoms with E-state index < -0.39 is 0 Å². The number of rotatable bonds is 3. The van der Waals surface area contributed by atoms with Crippen LogP contribution >= 0.6 is 0 Å². The summed E-state index contributed by atoms with van der Waals surface area (Å²) < 4.78 is 5.15. The van der Waals surface area contributed by atoms with Crippen molar-refractivity contribution < 1.29 is 4.74 Å². The molecule has 88 valence electrons. The van der Waals surface area contributed by atoms with Crippen molar-refractivity contribution in [3.63, 3.8) is 0 Å². The van der Waals surface area contributed by atoms with Gasteiger partial charge in [0.25, 0.3) is 0 Å². The molecule has 3 rings (SSSR count). The predicted octanol–water partition coefficient (Wildman–Crippen LogP) is 1.19. The molecule has 15 heavy (non-hydrogen) atoms. The Kier molecular flexibility index (Phi) is 3.06. The molecule has 2 atom stereocenters. The van der Waals surface area contributed by atoms with Crippen LogP contribution in [0.25, 0.3) is 0 Å². The van der Waals surface area contributed by atoms with E-state index in [2.05, 4.69) is 30.6 Å². The molecule has 0 radical (unpaired) electrons. The zero-order chi connectivity index (χ0) is 11.1. The van der Waals surface area contributed by atoms with Crippen molar-refractivity contribution >= 4 is 0 Å². The van der Waals surface area contributed by atoms with Crippen molar-refractivity contribution in [2.45, 2.75) is 44.8 Å². The number of ether oxygens (including phenoxy) is 1. The van der Waals surface area contributed by atoms with Crippen molar-refractivity contribution in [3.8, 4) is 0 Å². The average molecular weight is 212 g/mol. The van der Waals surface area contributed by atoms with E-state index in [-0.39, 0.29) is 0 Å². The Bertz CT molecular complexity index is 212. The van der Waals surface area contributed by atoms with Crippen LogP contribution in [0.4, 0.5) is 0 Å². The minimum absolute atomic E-state index is 0.338. The van der Waals surface area contributed by atoms with Gasteiger partial charge in [0.2, 0.25) is 0 Å². The largest absolute Gasteiger partial charge is 0.383 e. The fourth-order valence-corrected chi connectivity index (χ4v) is 2.80. The number of nitrogens with zero attached hydrogens (tertiary/aromatic N) is 2. The summed E-state index contributed by atoms with van der Waals surface area (Å²) in [5, 5.41) is 0. The first-order valence-electron chi connectivity index (χ1n) is 6.02. The van der Waals surface area contributed by atoms with Gasteiger partial charge in [-0.3, -0.25) is 9.80 Å². The lowest BCUT2D eigenvalue weighted by molar-refractivity contribution is -0.101. The van der Waals surface area contributed by atoms with E-state index in [1.165, 1.54) is 19.5 Å². The summed E-state index contributed by atoms with van der Waals surface area (Å²) in [6.45, 7) is 11.4. The Morgan fingerprint density at radius 1 is 1.20 bits per heavy atom. The molecule has 3 heterocycles. The number of hydrogen-bond acceptors (Lipinski definition) is 3. The Morgan fingerprint density at radius 3 is 2.27 bits per heavy atom. The minimum Gasteiger partial charge on any atom is -0.383 e. The first kappa shape index (κ1) is 11.4. The Labute approximate surface area is 93.4 Å². The predicted molar refractivity (Wildman–Crippen MR) is 62.1 cm³/mol. The van der Waals surface area contributed by atoms with Crippen molar-refractivity contribution in [3.05, 3.63) is 0 Å². The summed E-state index contributed by atoms with van der Waals surface area (Å²) in [6, 6.07) is 1.58. The number of piperazine rings is 1. The molecule has 0 aliphatic carbocycles. The van der Waals surface area contributed by atoms with Crippen LogP contribution in [0.5, 0.6) is 0 Å². The van der Waals surface area contributed by atoms with Gasteiger partial charge in [-0.25, -0.2) is 0 Å². The fraction of sp³-hybridized carbons (Fsp3) is 1.00. The highest BCUT2D eigenvalue weighted by Crippen LogP contribution is 2.34. The van der Waals surface area contributed by atoms with Crippen LogP contribution in [0.3, 0.4) is 0 Å². The van der Waals surface area contributed by atoms with Gasteiger partial charge in [-0.15, -0.1) is 0 Å². The molecule has 0 saturated carbocycles. The van der Waals surface area contributed by atoms with Gasteiger partial charge in [0.05, 0.1) is 6.61 Å². The summed E-state index contributed by atoms with van der Waals surface area (Å²) in [7, 11) is 1.79. The van der Waals surface area contributed by atoms with Crippen LogP contribution in [0.15, 0.2) is 0 Å². The van der Waals surface area contributed by atoms with Gasteiger partial charge in [0.15, 0.2) is 0 Å². The molecule has 3 heteroatoms. The van der Waals surface area contributed by atoms with Crippen LogP contribution in [0.1, 0.15) is 27.2 Å². The van der Waals surface area contributed by atoms with Crippen LogP contribution in [0, 0.1) is 0 Å². The molecular formula is C12H24N2O. The number of piperidine rings is 1. The Morgan fingerprint density at radius 2 is 1.80 bits per heavy atom. The molecule has 3 saturated heterocycles. The number of methoxy groups -OCH3 is 1. The first-order chi connectivity index (χ1) is 7.02. The van der Waals surface area contributed by atoms with Gasteiger partial charge in [-0.1, -0.05) is 0 Å².